The van der Waals surface area contributed by atoms with Crippen molar-refractivity contribution in [1.29, 1.82) is 0 Å². The summed E-state index contributed by atoms with van der Waals surface area (Å²) in [6.45, 7) is 9.15. The van der Waals surface area contributed by atoms with Gasteiger partial charge in [-0.05, 0) is 112 Å². The summed E-state index contributed by atoms with van der Waals surface area (Å²) < 4.78 is 11.0. The Morgan fingerprint density at radius 3 is 1.84 bits per heavy atom. The van der Waals surface area contributed by atoms with Gasteiger partial charge < -0.3 is 30.7 Å². The fraction of sp³-hybridized carbons (Fsp3) is 0.500. The van der Waals surface area contributed by atoms with Gasteiger partial charge in [-0.2, -0.15) is 0 Å². The fourth-order valence-electron chi connectivity index (χ4n) is 7.14. The van der Waals surface area contributed by atoms with Crippen LogP contribution in [0.4, 0.5) is 4.79 Å². The van der Waals surface area contributed by atoms with Crippen molar-refractivity contribution in [1.82, 2.24) is 21.3 Å². The molecule has 2 atom stereocenters. The van der Waals surface area contributed by atoms with Gasteiger partial charge in [0.25, 0.3) is 5.91 Å². The van der Waals surface area contributed by atoms with Crippen molar-refractivity contribution in [3.63, 3.8) is 0 Å². The van der Waals surface area contributed by atoms with Gasteiger partial charge in [-0.1, -0.05) is 48.5 Å². The van der Waals surface area contributed by atoms with E-state index in [4.69, 9.17) is 9.47 Å². The third-order valence-electron chi connectivity index (χ3n) is 10.2. The number of hydrogen-bond donors (Lipinski definition) is 4. The molecule has 0 aliphatic heterocycles. The van der Waals surface area contributed by atoms with E-state index in [1.807, 2.05) is 87.7 Å². The molecule has 3 aromatic rings. The summed E-state index contributed by atoms with van der Waals surface area (Å²) in [4.78, 5) is 53.9. The first kappa shape index (κ1) is 37.9. The quantitative estimate of drug-likeness (QED) is 0.148. The molecule has 51 heavy (non-hydrogen) atoms. The van der Waals surface area contributed by atoms with E-state index in [0.717, 1.165) is 55.4 Å². The maximum absolute atomic E-state index is 14.0. The van der Waals surface area contributed by atoms with Gasteiger partial charge in [-0.15, -0.1) is 11.3 Å². The molecule has 6 rings (SSSR count). The number of fused-ring (bicyclic) bond motifs is 3. The molecule has 0 spiro atoms. The minimum atomic E-state index is -0.915. The van der Waals surface area contributed by atoms with E-state index in [2.05, 4.69) is 21.3 Å². The van der Waals surface area contributed by atoms with Crippen LogP contribution in [0.25, 0.3) is 0 Å². The summed E-state index contributed by atoms with van der Waals surface area (Å²) in [6, 6.07) is 18.8. The average Bonchev–Trinajstić information content (AvgIpc) is 3.66. The Balaban J connectivity index is 1.24. The van der Waals surface area contributed by atoms with Gasteiger partial charge in [-0.3, -0.25) is 14.4 Å². The zero-order valence-electron chi connectivity index (χ0n) is 30.2. The van der Waals surface area contributed by atoms with Gasteiger partial charge in [0.1, 0.15) is 23.4 Å². The van der Waals surface area contributed by atoms with E-state index in [0.29, 0.717) is 31.0 Å². The first-order valence-electron chi connectivity index (χ1n) is 18.0. The first-order valence-corrected chi connectivity index (χ1v) is 18.9. The van der Waals surface area contributed by atoms with Gasteiger partial charge >= 0.3 is 6.09 Å². The number of benzene rings is 2. The Kier molecular flexibility index (Phi) is 12.4. The van der Waals surface area contributed by atoms with Crippen LogP contribution in [0.3, 0.4) is 0 Å². The largest absolute Gasteiger partial charge is 0.494 e. The Morgan fingerprint density at radius 2 is 1.29 bits per heavy atom. The van der Waals surface area contributed by atoms with Gasteiger partial charge in [0.2, 0.25) is 11.8 Å². The molecular weight excluding hydrogens is 665 g/mol. The van der Waals surface area contributed by atoms with Gasteiger partial charge in [-0.25, -0.2) is 4.79 Å². The number of ether oxygens (including phenoxy) is 2. The number of thiophene rings is 1. The molecule has 0 radical (unpaired) electrons. The second-order valence-corrected chi connectivity index (χ2v) is 16.1. The highest BCUT2D eigenvalue weighted by Crippen LogP contribution is 2.56. The van der Waals surface area contributed by atoms with Crippen molar-refractivity contribution in [2.45, 2.75) is 96.7 Å². The number of hydrogen-bond acceptors (Lipinski definition) is 7. The molecule has 4 amide bonds. The Morgan fingerprint density at radius 1 is 0.725 bits per heavy atom. The number of rotatable bonds is 15. The monoisotopic (exact) mass is 716 g/mol. The SMILES string of the molecule is CCOc1ccc(C[C@@H](NC(=O)c2cccs2)C(=O)N[C@@H](Cc2ccccc2)C(=O)NCC23CCC(CNC(=O)OC(C)(C)C)(CC2)CC3)cc1. The first-order chi connectivity index (χ1) is 24.4. The molecule has 11 heteroatoms. The van der Waals surface area contributed by atoms with Crippen molar-refractivity contribution in [3.8, 4) is 5.75 Å². The summed E-state index contributed by atoms with van der Waals surface area (Å²) in [6.07, 6.45) is 5.95. The molecule has 2 bridgehead atoms. The average molecular weight is 717 g/mol. The minimum Gasteiger partial charge on any atom is -0.494 e. The lowest BCUT2D eigenvalue weighted by molar-refractivity contribution is -0.130. The topological polar surface area (TPSA) is 135 Å². The highest BCUT2D eigenvalue weighted by atomic mass is 32.1. The molecule has 3 saturated carbocycles. The molecule has 0 unspecified atom stereocenters. The molecule has 0 saturated heterocycles. The smallest absolute Gasteiger partial charge is 0.407 e. The van der Waals surface area contributed by atoms with Crippen LogP contribution in [-0.4, -0.2) is 61.2 Å². The van der Waals surface area contributed by atoms with Gasteiger partial charge in [0, 0.05) is 25.9 Å². The highest BCUT2D eigenvalue weighted by molar-refractivity contribution is 7.12. The fourth-order valence-corrected chi connectivity index (χ4v) is 7.77. The van der Waals surface area contributed by atoms with Crippen LogP contribution < -0.4 is 26.0 Å². The predicted octanol–water partition coefficient (Wildman–Crippen LogP) is 6.20. The normalized spacial score (nSPS) is 20.8. The van der Waals surface area contributed by atoms with Crippen LogP contribution in [-0.2, 0) is 27.2 Å². The molecule has 2 aromatic carbocycles. The standard InChI is InChI=1S/C40H52N4O6S/c1-5-49-30-15-13-29(14-16-30)25-32(44-36(47)33-12-9-23-51-33)35(46)43-31(24-28-10-7-6-8-11-28)34(45)41-26-39-17-20-40(21-18-39,22-19-39)27-42-37(48)50-38(2,3)4/h6-16,23,31-32H,5,17-22,24-27H2,1-4H3,(H,41,45)(H,42,48)(H,43,46)(H,44,47)/t31-,32+,39?,40?/m0/s1. The minimum absolute atomic E-state index is 0.0183. The predicted molar refractivity (Wildman–Crippen MR) is 199 cm³/mol. The maximum atomic E-state index is 14.0. The molecule has 1 aromatic heterocycles. The van der Waals surface area contributed by atoms with Crippen LogP contribution in [0, 0.1) is 10.8 Å². The van der Waals surface area contributed by atoms with Crippen molar-refractivity contribution >= 4 is 35.2 Å². The molecule has 10 nitrogen and oxygen atoms in total. The molecule has 3 aliphatic rings. The van der Waals surface area contributed by atoms with Crippen molar-refractivity contribution in [2.24, 2.45) is 10.8 Å². The Bertz CT molecular complexity index is 1600. The summed E-state index contributed by atoms with van der Waals surface area (Å²) in [5, 5.41) is 13.9. The molecule has 3 fully saturated rings. The third-order valence-corrected chi connectivity index (χ3v) is 11.0. The lowest BCUT2D eigenvalue weighted by Crippen LogP contribution is -2.57. The molecule has 274 valence electrons. The van der Waals surface area contributed by atoms with E-state index < -0.39 is 23.6 Å². The van der Waals surface area contributed by atoms with Crippen molar-refractivity contribution in [3.05, 3.63) is 88.1 Å². The molecule has 3 aliphatic carbocycles. The van der Waals surface area contributed by atoms with Crippen molar-refractivity contribution < 1.29 is 28.7 Å². The maximum Gasteiger partial charge on any atom is 0.407 e. The molecule has 1 heterocycles. The van der Waals surface area contributed by atoms with E-state index >= 15 is 0 Å². The van der Waals surface area contributed by atoms with E-state index in [1.54, 1.807) is 12.1 Å². The number of amides is 4. The van der Waals surface area contributed by atoms with Crippen LogP contribution >= 0.6 is 11.3 Å². The second kappa shape index (κ2) is 16.8. The summed E-state index contributed by atoms with van der Waals surface area (Å²) in [5.41, 5.74) is 1.26. The lowest BCUT2D eigenvalue weighted by Gasteiger charge is -2.53. The molecular formula is C40H52N4O6S. The number of carbonyl (C=O) groups excluding carboxylic acids is 4. The van der Waals surface area contributed by atoms with Gasteiger partial charge in [0.05, 0.1) is 11.5 Å². The third kappa shape index (κ3) is 10.8. The number of alkyl carbamates (subject to hydrolysis) is 1. The van der Waals surface area contributed by atoms with E-state index in [1.165, 1.54) is 11.3 Å². The number of nitrogens with one attached hydrogen (secondary N) is 4. The van der Waals surface area contributed by atoms with Crippen LogP contribution in [0.15, 0.2) is 72.1 Å². The van der Waals surface area contributed by atoms with E-state index in [-0.39, 0.29) is 35.2 Å². The summed E-state index contributed by atoms with van der Waals surface area (Å²) in [5.74, 6) is -0.296. The Hall–Kier alpha value is -4.38. The van der Waals surface area contributed by atoms with E-state index in [9.17, 15) is 19.2 Å². The molecule has 4 N–H and O–H groups in total. The highest BCUT2D eigenvalue weighted by Gasteiger charge is 2.48. The van der Waals surface area contributed by atoms with Crippen LogP contribution in [0.1, 0.15) is 87.0 Å². The van der Waals surface area contributed by atoms with Crippen LogP contribution in [0.2, 0.25) is 0 Å². The summed E-state index contributed by atoms with van der Waals surface area (Å²) >= 11 is 1.30. The zero-order chi connectivity index (χ0) is 36.5. The van der Waals surface area contributed by atoms with Crippen LogP contribution in [0.5, 0.6) is 5.75 Å². The number of carbonyl (C=O) groups is 4. The summed E-state index contributed by atoms with van der Waals surface area (Å²) in [7, 11) is 0. The van der Waals surface area contributed by atoms with Crippen molar-refractivity contribution in [2.75, 3.05) is 19.7 Å². The van der Waals surface area contributed by atoms with Gasteiger partial charge in [0.15, 0.2) is 0 Å². The lowest BCUT2D eigenvalue weighted by atomic mass is 9.53. The second-order valence-electron chi connectivity index (χ2n) is 15.1. The Labute approximate surface area is 305 Å². The zero-order valence-corrected chi connectivity index (χ0v) is 31.0.